The molecule has 1 saturated heterocycles. The predicted molar refractivity (Wildman–Crippen MR) is 100 cm³/mol. The van der Waals surface area contributed by atoms with Gasteiger partial charge in [-0.25, -0.2) is 4.98 Å². The number of hydrogen-bond acceptors (Lipinski definition) is 5. The number of piperidine rings is 1. The number of rotatable bonds is 5. The first-order valence-electron chi connectivity index (χ1n) is 8.99. The molecule has 0 bridgehead atoms. The summed E-state index contributed by atoms with van der Waals surface area (Å²) >= 11 is 0. The van der Waals surface area contributed by atoms with Gasteiger partial charge in [-0.3, -0.25) is 14.4 Å². The van der Waals surface area contributed by atoms with Crippen molar-refractivity contribution in [3.63, 3.8) is 0 Å². The maximum atomic E-state index is 12.5. The number of aliphatic carboxylic acids is 1. The molecule has 146 valence electrons. The van der Waals surface area contributed by atoms with Crippen LogP contribution in [0.3, 0.4) is 0 Å². The summed E-state index contributed by atoms with van der Waals surface area (Å²) in [7, 11) is 0. The number of benzene rings is 1. The maximum absolute atomic E-state index is 12.5. The number of hydrogen-bond donors (Lipinski definition) is 3. The van der Waals surface area contributed by atoms with Gasteiger partial charge in [0.1, 0.15) is 12.3 Å². The molecular formula is C20H21N3O5. The third-order valence-corrected chi connectivity index (χ3v) is 4.78. The lowest BCUT2D eigenvalue weighted by molar-refractivity contribution is -0.135. The van der Waals surface area contributed by atoms with Gasteiger partial charge >= 0.3 is 5.97 Å². The van der Waals surface area contributed by atoms with E-state index in [9.17, 15) is 19.5 Å². The van der Waals surface area contributed by atoms with Crippen LogP contribution in [0.15, 0.2) is 42.6 Å². The first kappa shape index (κ1) is 19.3. The van der Waals surface area contributed by atoms with Crippen molar-refractivity contribution in [1.29, 1.82) is 0 Å². The normalized spacial score (nSPS) is 14.5. The second kappa shape index (κ2) is 8.51. The topological polar surface area (TPSA) is 120 Å². The van der Waals surface area contributed by atoms with Crippen molar-refractivity contribution >= 4 is 17.8 Å². The number of nitrogens with one attached hydrogen (secondary N) is 1. The van der Waals surface area contributed by atoms with Crippen molar-refractivity contribution in [2.45, 2.75) is 18.8 Å². The molecule has 8 nitrogen and oxygen atoms in total. The highest BCUT2D eigenvalue weighted by Crippen LogP contribution is 2.30. The van der Waals surface area contributed by atoms with Gasteiger partial charge in [0.25, 0.3) is 11.8 Å². The number of nitrogens with zero attached hydrogens (tertiary/aromatic N) is 2. The van der Waals surface area contributed by atoms with Gasteiger partial charge in [0.15, 0.2) is 5.69 Å². The van der Waals surface area contributed by atoms with Crippen molar-refractivity contribution in [2.24, 2.45) is 0 Å². The van der Waals surface area contributed by atoms with Gasteiger partial charge in [-0.1, -0.05) is 18.2 Å². The average molecular weight is 383 g/mol. The largest absolute Gasteiger partial charge is 0.505 e. The minimum absolute atomic E-state index is 0.00507. The Morgan fingerprint density at radius 1 is 1.14 bits per heavy atom. The van der Waals surface area contributed by atoms with E-state index in [1.807, 2.05) is 23.1 Å². The first-order valence-corrected chi connectivity index (χ1v) is 8.99. The lowest BCUT2D eigenvalue weighted by atomic mass is 9.90. The van der Waals surface area contributed by atoms with Crippen LogP contribution in [0, 0.1) is 0 Å². The molecular weight excluding hydrogens is 362 g/mol. The Bertz CT molecular complexity index is 877. The fourth-order valence-corrected chi connectivity index (χ4v) is 3.29. The molecule has 3 rings (SSSR count). The fraction of sp³-hybridized carbons (Fsp3) is 0.300. The summed E-state index contributed by atoms with van der Waals surface area (Å²) in [5.74, 6) is -2.08. The highest BCUT2D eigenvalue weighted by molar-refractivity contribution is 5.96. The zero-order chi connectivity index (χ0) is 20.1. The summed E-state index contributed by atoms with van der Waals surface area (Å²) in [6.07, 6.45) is 2.98. The Morgan fingerprint density at radius 3 is 2.43 bits per heavy atom. The van der Waals surface area contributed by atoms with Crippen molar-refractivity contribution in [3.05, 3.63) is 59.4 Å². The Labute approximate surface area is 161 Å². The highest BCUT2D eigenvalue weighted by Gasteiger charge is 2.26. The Morgan fingerprint density at radius 2 is 1.82 bits per heavy atom. The molecule has 0 atom stereocenters. The van der Waals surface area contributed by atoms with Crippen LogP contribution in [0.25, 0.3) is 0 Å². The van der Waals surface area contributed by atoms with E-state index in [0.717, 1.165) is 18.4 Å². The van der Waals surface area contributed by atoms with Crippen LogP contribution in [0.1, 0.15) is 45.2 Å². The number of carboxylic acids is 1. The summed E-state index contributed by atoms with van der Waals surface area (Å²) < 4.78 is 0. The SMILES string of the molecule is O=C(O)CNC(=O)c1ncc(C2CCN(C(=O)c3ccccc3)CC2)cc1O. The molecule has 1 aliphatic heterocycles. The molecule has 1 aromatic carbocycles. The number of carbonyl (C=O) groups excluding carboxylic acids is 2. The molecule has 8 heteroatoms. The summed E-state index contributed by atoms with van der Waals surface area (Å²) in [5, 5.41) is 20.9. The van der Waals surface area contributed by atoms with Gasteiger partial charge in [0.2, 0.25) is 0 Å². The standard InChI is InChI=1S/C20H21N3O5/c24-16-10-15(11-21-18(16)19(27)22-12-17(25)26)13-6-8-23(9-7-13)20(28)14-4-2-1-3-5-14/h1-5,10-11,13,24H,6-9,12H2,(H,22,27)(H,25,26). The van der Waals surface area contributed by atoms with Gasteiger partial charge in [0.05, 0.1) is 0 Å². The van der Waals surface area contributed by atoms with Crippen LogP contribution in [0.2, 0.25) is 0 Å². The van der Waals surface area contributed by atoms with Gasteiger partial charge in [0, 0.05) is 24.8 Å². The molecule has 1 fully saturated rings. The molecule has 0 aliphatic carbocycles. The molecule has 1 aromatic heterocycles. The molecule has 0 unspecified atom stereocenters. The second-order valence-electron chi connectivity index (χ2n) is 6.65. The van der Waals surface area contributed by atoms with E-state index in [1.165, 1.54) is 12.3 Å². The fourth-order valence-electron chi connectivity index (χ4n) is 3.29. The van der Waals surface area contributed by atoms with Gasteiger partial charge in [-0.05, 0) is 42.5 Å². The zero-order valence-electron chi connectivity index (χ0n) is 15.2. The molecule has 0 saturated carbocycles. The van der Waals surface area contributed by atoms with E-state index in [4.69, 9.17) is 5.11 Å². The summed E-state index contributed by atoms with van der Waals surface area (Å²) in [6.45, 7) is 0.648. The predicted octanol–water partition coefficient (Wildman–Crippen LogP) is 1.62. The summed E-state index contributed by atoms with van der Waals surface area (Å²) in [5.41, 5.74) is 1.25. The van der Waals surface area contributed by atoms with Gasteiger partial charge < -0.3 is 20.4 Å². The van der Waals surface area contributed by atoms with Crippen molar-refractivity contribution in [1.82, 2.24) is 15.2 Å². The number of aromatic hydroxyl groups is 1. The minimum atomic E-state index is -1.18. The molecule has 0 radical (unpaired) electrons. The maximum Gasteiger partial charge on any atom is 0.322 e. The summed E-state index contributed by atoms with van der Waals surface area (Å²) in [4.78, 5) is 40.7. The molecule has 3 N–H and O–H groups in total. The van der Waals surface area contributed by atoms with E-state index in [1.54, 1.807) is 12.1 Å². The molecule has 2 heterocycles. The van der Waals surface area contributed by atoms with Crippen LogP contribution in [0.5, 0.6) is 5.75 Å². The van der Waals surface area contributed by atoms with Crippen LogP contribution >= 0.6 is 0 Å². The smallest absolute Gasteiger partial charge is 0.322 e. The molecule has 1 aliphatic rings. The Hall–Kier alpha value is -3.42. The monoisotopic (exact) mass is 383 g/mol. The van der Waals surface area contributed by atoms with Crippen LogP contribution in [-0.2, 0) is 4.79 Å². The quantitative estimate of drug-likeness (QED) is 0.722. The lowest BCUT2D eigenvalue weighted by Crippen LogP contribution is -2.38. The molecule has 2 amide bonds. The number of pyridine rings is 1. The third kappa shape index (κ3) is 4.46. The number of amides is 2. The average Bonchev–Trinajstić information content (AvgIpc) is 2.72. The highest BCUT2D eigenvalue weighted by atomic mass is 16.4. The third-order valence-electron chi connectivity index (χ3n) is 4.78. The van der Waals surface area contributed by atoms with E-state index < -0.39 is 18.4 Å². The minimum Gasteiger partial charge on any atom is -0.505 e. The number of aromatic nitrogens is 1. The number of carboxylic acid groups (broad SMARTS) is 1. The molecule has 28 heavy (non-hydrogen) atoms. The lowest BCUT2D eigenvalue weighted by Gasteiger charge is -2.32. The molecule has 2 aromatic rings. The van der Waals surface area contributed by atoms with Gasteiger partial charge in [-0.15, -0.1) is 0 Å². The van der Waals surface area contributed by atoms with Crippen LogP contribution < -0.4 is 5.32 Å². The van der Waals surface area contributed by atoms with Crippen LogP contribution in [0.4, 0.5) is 0 Å². The number of carbonyl (C=O) groups is 3. The Kier molecular flexibility index (Phi) is 5.88. The van der Waals surface area contributed by atoms with Gasteiger partial charge in [-0.2, -0.15) is 0 Å². The molecule has 0 spiro atoms. The zero-order valence-corrected chi connectivity index (χ0v) is 15.2. The Balaban J connectivity index is 1.61. The van der Waals surface area contributed by atoms with Crippen molar-refractivity contribution < 1.29 is 24.6 Å². The van der Waals surface area contributed by atoms with E-state index in [2.05, 4.69) is 10.3 Å². The number of likely N-dealkylation sites (tertiary alicyclic amines) is 1. The van der Waals surface area contributed by atoms with E-state index in [-0.39, 0.29) is 23.3 Å². The van der Waals surface area contributed by atoms with Crippen molar-refractivity contribution in [3.8, 4) is 5.75 Å². The second-order valence-corrected chi connectivity index (χ2v) is 6.65. The van der Waals surface area contributed by atoms with E-state index >= 15 is 0 Å². The van der Waals surface area contributed by atoms with Crippen LogP contribution in [-0.4, -0.2) is 57.5 Å². The summed E-state index contributed by atoms with van der Waals surface area (Å²) in [6, 6.07) is 10.6. The first-order chi connectivity index (χ1) is 13.5. The van der Waals surface area contributed by atoms with E-state index in [0.29, 0.717) is 18.7 Å². The van der Waals surface area contributed by atoms with Crippen molar-refractivity contribution in [2.75, 3.05) is 19.6 Å².